The number of phenolic OH excluding ortho intramolecular Hbond substituents is 1. The lowest BCUT2D eigenvalue weighted by Gasteiger charge is -2.39. The van der Waals surface area contributed by atoms with Crippen LogP contribution in [0, 0.1) is 3.57 Å². The smallest absolute Gasteiger partial charge is 0.347 e. The van der Waals surface area contributed by atoms with Crippen molar-refractivity contribution in [1.29, 1.82) is 0 Å². The minimum Gasteiger partial charge on any atom is -0.504 e. The first-order valence-corrected chi connectivity index (χ1v) is 11.4. The van der Waals surface area contributed by atoms with Crippen molar-refractivity contribution in [3.8, 4) is 11.5 Å². The van der Waals surface area contributed by atoms with Crippen LogP contribution in [0.15, 0.2) is 56.2 Å². The summed E-state index contributed by atoms with van der Waals surface area (Å²) in [6, 6.07) is 2.80. The van der Waals surface area contributed by atoms with Gasteiger partial charge in [0.15, 0.2) is 23.1 Å². The van der Waals surface area contributed by atoms with Crippen molar-refractivity contribution in [1.82, 2.24) is 13.9 Å². The summed E-state index contributed by atoms with van der Waals surface area (Å²) in [6.07, 6.45) is 3.33. The number of hydrogen-bond acceptors (Lipinski definition) is 6. The highest BCUT2D eigenvalue weighted by atomic mass is 127. The Morgan fingerprint density at radius 1 is 1.15 bits per heavy atom. The molecule has 0 bridgehead atoms. The maximum atomic E-state index is 13.3. The standard InChI is InChI=1S/C23H20IN3O6/c1-10-6-16(28)13-9-15-12(4-5-26-22(31)25(2)23(32)27(15)26)18(19(13)20(10)29)11-7-14(24)21(30)17(8-11)33-3/h4,6-8,15,18,30H,5,9H2,1-3H3/t15-,18+/m1/s1. The van der Waals surface area contributed by atoms with Gasteiger partial charge in [-0.2, -0.15) is 0 Å². The first-order valence-electron chi connectivity index (χ1n) is 10.3. The molecular weight excluding hydrogens is 541 g/mol. The Morgan fingerprint density at radius 2 is 1.88 bits per heavy atom. The van der Waals surface area contributed by atoms with Gasteiger partial charge in [0.05, 0.1) is 23.3 Å². The van der Waals surface area contributed by atoms with Crippen LogP contribution < -0.4 is 16.1 Å². The van der Waals surface area contributed by atoms with Gasteiger partial charge in [-0.15, -0.1) is 0 Å². The van der Waals surface area contributed by atoms with E-state index in [0.29, 0.717) is 25.9 Å². The number of nitrogens with zero attached hydrogens (tertiary/aromatic N) is 3. The van der Waals surface area contributed by atoms with Crippen LogP contribution in [0.2, 0.25) is 0 Å². The molecule has 0 radical (unpaired) electrons. The van der Waals surface area contributed by atoms with Crippen LogP contribution in [-0.4, -0.2) is 37.7 Å². The van der Waals surface area contributed by atoms with E-state index < -0.39 is 23.3 Å². The Kier molecular flexibility index (Phi) is 4.89. The zero-order valence-electron chi connectivity index (χ0n) is 18.1. The number of aromatic hydroxyl groups is 1. The zero-order chi connectivity index (χ0) is 23.8. The highest BCUT2D eigenvalue weighted by molar-refractivity contribution is 14.1. The fourth-order valence-corrected chi connectivity index (χ4v) is 5.66. The molecule has 170 valence electrons. The van der Waals surface area contributed by atoms with Crippen LogP contribution in [-0.2, 0) is 23.2 Å². The number of carbonyl (C=O) groups is 2. The third kappa shape index (κ3) is 2.96. The summed E-state index contributed by atoms with van der Waals surface area (Å²) in [4.78, 5) is 51.8. The highest BCUT2D eigenvalue weighted by Gasteiger charge is 2.44. The van der Waals surface area contributed by atoms with Crippen LogP contribution in [0.4, 0.5) is 0 Å². The van der Waals surface area contributed by atoms with Crippen molar-refractivity contribution >= 4 is 34.2 Å². The van der Waals surface area contributed by atoms with E-state index in [4.69, 9.17) is 4.74 Å². The predicted molar refractivity (Wildman–Crippen MR) is 127 cm³/mol. The van der Waals surface area contributed by atoms with Crippen molar-refractivity contribution in [2.75, 3.05) is 7.11 Å². The highest BCUT2D eigenvalue weighted by Crippen LogP contribution is 2.51. The van der Waals surface area contributed by atoms with E-state index in [0.717, 1.165) is 10.1 Å². The number of rotatable bonds is 2. The summed E-state index contributed by atoms with van der Waals surface area (Å²) < 4.78 is 9.65. The third-order valence-electron chi connectivity index (χ3n) is 6.63. The molecule has 2 heterocycles. The van der Waals surface area contributed by atoms with Gasteiger partial charge in [0, 0.05) is 36.1 Å². The molecule has 0 saturated carbocycles. The Hall–Kier alpha value is -3.15. The summed E-state index contributed by atoms with van der Waals surface area (Å²) in [6.45, 7) is 1.78. The lowest BCUT2D eigenvalue weighted by atomic mass is 9.68. The molecule has 1 aliphatic heterocycles. The first kappa shape index (κ1) is 21.7. The van der Waals surface area contributed by atoms with Gasteiger partial charge in [0.1, 0.15) is 0 Å². The van der Waals surface area contributed by atoms with Crippen molar-refractivity contribution in [2.24, 2.45) is 7.05 Å². The molecule has 1 aromatic carbocycles. The first-order chi connectivity index (χ1) is 15.6. The van der Waals surface area contributed by atoms with E-state index in [1.807, 2.05) is 28.7 Å². The molecule has 3 aliphatic rings. The Labute approximate surface area is 201 Å². The number of Topliss-reactive ketones (excluding diaryl/α,β-unsaturated/α-hetero) is 1. The van der Waals surface area contributed by atoms with E-state index in [9.17, 15) is 24.3 Å². The van der Waals surface area contributed by atoms with E-state index in [1.54, 1.807) is 19.1 Å². The minimum absolute atomic E-state index is 0.0173. The maximum Gasteiger partial charge on any atom is 0.347 e. The van der Waals surface area contributed by atoms with Crippen molar-refractivity contribution < 1.29 is 19.4 Å². The van der Waals surface area contributed by atoms with E-state index in [1.165, 1.54) is 29.6 Å². The second-order valence-electron chi connectivity index (χ2n) is 8.37. The summed E-state index contributed by atoms with van der Waals surface area (Å²) in [7, 11) is 2.86. The number of fused-ring (bicyclic) bond motifs is 3. The zero-order valence-corrected chi connectivity index (χ0v) is 20.2. The van der Waals surface area contributed by atoms with Gasteiger partial charge < -0.3 is 9.84 Å². The molecule has 0 spiro atoms. The maximum absolute atomic E-state index is 13.3. The molecule has 0 amide bonds. The summed E-state index contributed by atoms with van der Waals surface area (Å²) in [5.41, 5.74) is 1.59. The number of carbonyl (C=O) groups excluding carboxylic acids is 2. The fourth-order valence-electron chi connectivity index (χ4n) is 5.04. The molecule has 1 N–H and O–H groups in total. The SMILES string of the molecule is COc1cc([C@H]2C3=CCn4c(=O)n(C)c(=O)n4[C@@H]3CC3=C2C(=O)C(C)=CC3=O)cc(I)c1O. The Balaban J connectivity index is 1.81. The molecular formula is C23H20IN3O6. The van der Waals surface area contributed by atoms with Crippen molar-refractivity contribution in [3.63, 3.8) is 0 Å². The molecule has 10 heteroatoms. The molecule has 2 aliphatic carbocycles. The molecule has 0 saturated heterocycles. The predicted octanol–water partition coefficient (Wildman–Crippen LogP) is 1.73. The number of hydrogen-bond donors (Lipinski definition) is 1. The molecule has 2 atom stereocenters. The van der Waals surface area contributed by atoms with Gasteiger partial charge in [-0.1, -0.05) is 6.08 Å². The van der Waals surface area contributed by atoms with Gasteiger partial charge in [-0.25, -0.2) is 23.5 Å². The van der Waals surface area contributed by atoms with E-state index in [-0.39, 0.29) is 36.0 Å². The van der Waals surface area contributed by atoms with Crippen LogP contribution in [0.3, 0.4) is 0 Å². The normalized spacial score (nSPS) is 21.8. The second kappa shape index (κ2) is 7.44. The van der Waals surface area contributed by atoms with E-state index in [2.05, 4.69) is 0 Å². The molecule has 9 nitrogen and oxygen atoms in total. The van der Waals surface area contributed by atoms with Crippen LogP contribution in [0.25, 0.3) is 0 Å². The molecule has 2 aromatic rings. The van der Waals surface area contributed by atoms with E-state index >= 15 is 0 Å². The quantitative estimate of drug-likeness (QED) is 0.340. The van der Waals surface area contributed by atoms with Crippen molar-refractivity contribution in [2.45, 2.75) is 31.8 Å². The molecule has 1 aromatic heterocycles. The molecule has 33 heavy (non-hydrogen) atoms. The monoisotopic (exact) mass is 561 g/mol. The Morgan fingerprint density at radius 3 is 2.58 bits per heavy atom. The number of ketones is 2. The van der Waals surface area contributed by atoms with Gasteiger partial charge in [0.25, 0.3) is 0 Å². The third-order valence-corrected chi connectivity index (χ3v) is 7.45. The van der Waals surface area contributed by atoms with Crippen LogP contribution in [0.5, 0.6) is 11.5 Å². The van der Waals surface area contributed by atoms with Gasteiger partial charge in [0.2, 0.25) is 0 Å². The van der Waals surface area contributed by atoms with Crippen molar-refractivity contribution in [3.05, 3.63) is 76.7 Å². The number of allylic oxidation sites excluding steroid dienone is 6. The summed E-state index contributed by atoms with van der Waals surface area (Å²) in [5, 5.41) is 10.3. The average molecular weight is 561 g/mol. The number of phenols is 1. The molecule has 5 rings (SSSR count). The second-order valence-corrected chi connectivity index (χ2v) is 9.54. The number of methoxy groups -OCH3 is 1. The number of aromatic nitrogens is 3. The van der Waals surface area contributed by atoms with Gasteiger partial charge in [-0.05, 0) is 58.9 Å². The minimum atomic E-state index is -0.627. The average Bonchev–Trinajstić information content (AvgIpc) is 3.02. The fraction of sp³-hybridized carbons (Fsp3) is 0.304. The number of halogens is 1. The number of benzene rings is 1. The molecule has 0 fully saturated rings. The lowest BCUT2D eigenvalue weighted by molar-refractivity contribution is -0.116. The topological polar surface area (TPSA) is 113 Å². The lowest BCUT2D eigenvalue weighted by Crippen LogP contribution is -2.40. The number of ether oxygens (including phenoxy) is 1. The van der Waals surface area contributed by atoms with Gasteiger partial charge >= 0.3 is 11.4 Å². The molecule has 0 unspecified atom stereocenters. The largest absolute Gasteiger partial charge is 0.504 e. The van der Waals surface area contributed by atoms with Gasteiger partial charge in [-0.3, -0.25) is 9.59 Å². The summed E-state index contributed by atoms with van der Waals surface area (Å²) >= 11 is 1.98. The van der Waals surface area contributed by atoms with Crippen LogP contribution >= 0.6 is 22.6 Å². The Bertz CT molecular complexity index is 1480. The summed E-state index contributed by atoms with van der Waals surface area (Å²) in [5.74, 6) is -0.892. The van der Waals surface area contributed by atoms with Crippen LogP contribution in [0.1, 0.15) is 30.9 Å².